The first-order valence-corrected chi connectivity index (χ1v) is 23.3. The van der Waals surface area contributed by atoms with Gasteiger partial charge in [-0.3, -0.25) is 0 Å². The molecule has 336 valence electrons. The molecule has 5 atom stereocenters. The number of hydrogen-bond acceptors (Lipinski definition) is 6. The Morgan fingerprint density at radius 3 is 1.51 bits per heavy atom. The second-order valence-electron chi connectivity index (χ2n) is 18.8. The molecule has 6 rings (SSSR count). The number of rotatable bonds is 5. The van der Waals surface area contributed by atoms with Gasteiger partial charge in [0, 0.05) is 50.7 Å². The molecule has 0 spiro atoms. The SMILES string of the molecule is C.CC.CC.CC.Cc1nc(C(C)C)nc2c1C=CCC2(C)C(C)C.Cc1nc(C(C)C)nc2c1CC(C)CC2(C)C(C)C.Cc1ncnc2c1CC(C)C2(C)C(C)C. The standard InChI is InChI=1S/C17H28N2.C16H24N2.C13H20N2.3C2H6.CH4/c1-10(2)16-18-13(6)14-8-12(5)9-17(7,11(3)4)15(14)19-16;1-10(2)15-17-12(5)13-8-7-9-16(6,11(3)4)14(13)18-15;1-8(2)13(5)9(3)6-11-10(4)14-7-15-12(11)13;3*1-2;/h10-12H,8-9H2,1-7H3;7-8,10-11H,9H2,1-6H3;7-9H,6H2,1-5H3;3*1-2H3;1H4. The van der Waals surface area contributed by atoms with E-state index in [-0.39, 0.29) is 23.7 Å². The highest BCUT2D eigenvalue weighted by Gasteiger charge is 2.45. The predicted molar refractivity (Wildman–Crippen MR) is 260 cm³/mol. The van der Waals surface area contributed by atoms with Gasteiger partial charge in [0.15, 0.2) is 0 Å². The molecule has 0 fully saturated rings. The van der Waals surface area contributed by atoms with Gasteiger partial charge in [-0.15, -0.1) is 0 Å². The minimum atomic E-state index is 0. The van der Waals surface area contributed by atoms with Crippen LogP contribution >= 0.6 is 0 Å². The number of fused-ring (bicyclic) bond motifs is 3. The summed E-state index contributed by atoms with van der Waals surface area (Å²) in [6.45, 7) is 52.6. The van der Waals surface area contributed by atoms with Crippen LogP contribution in [0.2, 0.25) is 0 Å². The van der Waals surface area contributed by atoms with E-state index in [2.05, 4.69) is 152 Å². The molecule has 59 heavy (non-hydrogen) atoms. The van der Waals surface area contributed by atoms with Gasteiger partial charge in [0.2, 0.25) is 0 Å². The summed E-state index contributed by atoms with van der Waals surface area (Å²) in [5.41, 5.74) is 12.0. The third-order valence-corrected chi connectivity index (χ3v) is 13.6. The van der Waals surface area contributed by atoms with E-state index in [0.717, 1.165) is 48.2 Å². The normalized spacial score (nSPS) is 23.4. The van der Waals surface area contributed by atoms with Crippen LogP contribution in [0.15, 0.2) is 12.4 Å². The fourth-order valence-corrected chi connectivity index (χ4v) is 8.67. The molecule has 5 unspecified atom stereocenters. The Kier molecular flexibility index (Phi) is 22.6. The molecule has 0 saturated heterocycles. The summed E-state index contributed by atoms with van der Waals surface area (Å²) in [6.07, 6.45) is 10.8. The Hall–Kier alpha value is -3.02. The molecular weight excluding hydrogens is 721 g/mol. The van der Waals surface area contributed by atoms with Gasteiger partial charge in [-0.1, -0.05) is 165 Å². The number of aryl methyl sites for hydroxylation is 3. The maximum absolute atomic E-state index is 4.97. The second kappa shape index (κ2) is 23.8. The van der Waals surface area contributed by atoms with Gasteiger partial charge in [0.05, 0.1) is 17.1 Å². The zero-order valence-corrected chi connectivity index (χ0v) is 42.3. The molecule has 0 aromatic carbocycles. The third-order valence-electron chi connectivity index (χ3n) is 13.6. The molecule has 3 aromatic heterocycles. The van der Waals surface area contributed by atoms with Crippen molar-refractivity contribution in [3.63, 3.8) is 0 Å². The lowest BCUT2D eigenvalue weighted by atomic mass is 9.64. The van der Waals surface area contributed by atoms with Crippen molar-refractivity contribution in [3.05, 3.63) is 74.9 Å². The molecule has 0 radical (unpaired) electrons. The highest BCUT2D eigenvalue weighted by Crippen LogP contribution is 2.48. The van der Waals surface area contributed by atoms with Gasteiger partial charge in [-0.05, 0) is 87.2 Å². The van der Waals surface area contributed by atoms with Gasteiger partial charge in [-0.2, -0.15) is 0 Å². The van der Waals surface area contributed by atoms with Gasteiger partial charge >= 0.3 is 0 Å². The fourth-order valence-electron chi connectivity index (χ4n) is 8.67. The van der Waals surface area contributed by atoms with Crippen LogP contribution in [0.5, 0.6) is 0 Å². The van der Waals surface area contributed by atoms with E-state index in [0.29, 0.717) is 35.5 Å². The topological polar surface area (TPSA) is 77.3 Å². The van der Waals surface area contributed by atoms with Crippen molar-refractivity contribution in [1.82, 2.24) is 29.9 Å². The van der Waals surface area contributed by atoms with Crippen molar-refractivity contribution in [1.29, 1.82) is 0 Å². The maximum atomic E-state index is 4.97. The Balaban J connectivity index is 0.000000800. The zero-order valence-electron chi connectivity index (χ0n) is 42.3. The lowest BCUT2D eigenvalue weighted by Gasteiger charge is -2.41. The van der Waals surface area contributed by atoms with Crippen molar-refractivity contribution >= 4 is 6.08 Å². The summed E-state index contributed by atoms with van der Waals surface area (Å²) in [6, 6.07) is 0. The molecule has 6 nitrogen and oxygen atoms in total. The molecule has 0 aliphatic heterocycles. The lowest BCUT2D eigenvalue weighted by Crippen LogP contribution is -2.38. The smallest absolute Gasteiger partial charge is 0.131 e. The number of nitrogens with zero attached hydrogens (tertiary/aromatic N) is 6. The monoisotopic (exact) mass is 815 g/mol. The Morgan fingerprint density at radius 2 is 1.03 bits per heavy atom. The average molecular weight is 815 g/mol. The van der Waals surface area contributed by atoms with Crippen LogP contribution in [-0.4, -0.2) is 29.9 Å². The number of allylic oxidation sites excluding steroid dienone is 1. The maximum Gasteiger partial charge on any atom is 0.131 e. The predicted octanol–water partition coefficient (Wildman–Crippen LogP) is 15.2. The first-order valence-electron chi connectivity index (χ1n) is 23.3. The first-order chi connectivity index (χ1) is 27.1. The summed E-state index contributed by atoms with van der Waals surface area (Å²) in [4.78, 5) is 28.1. The molecule has 6 heteroatoms. The van der Waals surface area contributed by atoms with Crippen LogP contribution in [0.4, 0.5) is 0 Å². The summed E-state index contributed by atoms with van der Waals surface area (Å²) in [5.74, 6) is 6.00. The number of aromatic nitrogens is 6. The second-order valence-corrected chi connectivity index (χ2v) is 18.8. The van der Waals surface area contributed by atoms with E-state index in [1.807, 2.05) is 41.5 Å². The van der Waals surface area contributed by atoms with E-state index >= 15 is 0 Å². The van der Waals surface area contributed by atoms with Gasteiger partial charge < -0.3 is 0 Å². The van der Waals surface area contributed by atoms with E-state index < -0.39 is 0 Å². The minimum Gasteiger partial charge on any atom is -0.241 e. The molecule has 3 aromatic rings. The Labute approximate surface area is 366 Å². The molecule has 0 saturated carbocycles. The van der Waals surface area contributed by atoms with Crippen LogP contribution in [0.1, 0.15) is 240 Å². The van der Waals surface area contributed by atoms with E-state index in [1.54, 1.807) is 6.33 Å². The zero-order chi connectivity index (χ0) is 45.1. The molecule has 0 bridgehead atoms. The molecule has 3 aliphatic rings. The van der Waals surface area contributed by atoms with E-state index in [9.17, 15) is 0 Å². The molecule has 3 aliphatic carbocycles. The fraction of sp³-hybridized carbons (Fsp3) is 0.736. The van der Waals surface area contributed by atoms with Crippen LogP contribution in [-0.2, 0) is 29.1 Å². The average Bonchev–Trinajstić information content (AvgIpc) is 3.46. The van der Waals surface area contributed by atoms with Crippen LogP contribution in [0.25, 0.3) is 6.08 Å². The highest BCUT2D eigenvalue weighted by molar-refractivity contribution is 5.59. The lowest BCUT2D eigenvalue weighted by molar-refractivity contribution is 0.237. The molecule has 0 N–H and O–H groups in total. The van der Waals surface area contributed by atoms with Crippen molar-refractivity contribution in [2.45, 2.75) is 227 Å². The third kappa shape index (κ3) is 12.1. The van der Waals surface area contributed by atoms with Crippen molar-refractivity contribution < 1.29 is 0 Å². The summed E-state index contributed by atoms with van der Waals surface area (Å²) in [5, 5.41) is 0. The van der Waals surface area contributed by atoms with Crippen molar-refractivity contribution in [2.75, 3.05) is 0 Å². The van der Waals surface area contributed by atoms with Crippen molar-refractivity contribution in [2.24, 2.45) is 29.6 Å². The van der Waals surface area contributed by atoms with Crippen molar-refractivity contribution in [3.8, 4) is 0 Å². The Bertz CT molecular complexity index is 1750. The molecule has 0 amide bonds. The van der Waals surface area contributed by atoms with Gasteiger partial charge in [0.25, 0.3) is 0 Å². The molecule has 3 heterocycles. The van der Waals surface area contributed by atoms with E-state index in [4.69, 9.17) is 15.0 Å². The van der Waals surface area contributed by atoms with Gasteiger partial charge in [-0.25, -0.2) is 29.9 Å². The van der Waals surface area contributed by atoms with Gasteiger partial charge in [0.1, 0.15) is 18.0 Å². The highest BCUT2D eigenvalue weighted by atomic mass is 14.9. The quantitative estimate of drug-likeness (QED) is 0.255. The van der Waals surface area contributed by atoms with E-state index in [1.165, 1.54) is 45.9 Å². The first kappa shape index (κ1) is 56.0. The Morgan fingerprint density at radius 1 is 0.559 bits per heavy atom. The minimum absolute atomic E-state index is 0. The summed E-state index contributed by atoms with van der Waals surface area (Å²) >= 11 is 0. The summed E-state index contributed by atoms with van der Waals surface area (Å²) in [7, 11) is 0. The largest absolute Gasteiger partial charge is 0.241 e. The van der Waals surface area contributed by atoms with Crippen LogP contribution in [0.3, 0.4) is 0 Å². The van der Waals surface area contributed by atoms with Crippen LogP contribution < -0.4 is 0 Å². The number of hydrogen-bond donors (Lipinski definition) is 0. The van der Waals surface area contributed by atoms with Crippen LogP contribution in [0, 0.1) is 50.4 Å². The summed E-state index contributed by atoms with van der Waals surface area (Å²) < 4.78 is 0. The molecular formula is C53H94N6.